The summed E-state index contributed by atoms with van der Waals surface area (Å²) in [6.07, 6.45) is 19.2. The van der Waals surface area contributed by atoms with Gasteiger partial charge in [-0.2, -0.15) is 0 Å². The molecule has 0 aromatic carbocycles. The van der Waals surface area contributed by atoms with Crippen LogP contribution in [0.15, 0.2) is 12.2 Å². The summed E-state index contributed by atoms with van der Waals surface area (Å²) in [6, 6.07) is 0. The molecular formula is C24H44O4. The molecule has 0 bridgehead atoms. The van der Waals surface area contributed by atoms with E-state index in [-0.39, 0.29) is 5.97 Å². The first-order valence-corrected chi connectivity index (χ1v) is 11.6. The number of esters is 1. The molecule has 0 radical (unpaired) electrons. The second kappa shape index (κ2) is 15.0. The molecule has 0 spiro atoms. The van der Waals surface area contributed by atoms with Crippen molar-refractivity contribution >= 4 is 5.97 Å². The monoisotopic (exact) mass is 396 g/mol. The third kappa shape index (κ3) is 13.3. The minimum atomic E-state index is -0.527. The van der Waals surface area contributed by atoms with E-state index in [1.54, 1.807) is 0 Å². The summed E-state index contributed by atoms with van der Waals surface area (Å²) >= 11 is 0. The lowest BCUT2D eigenvalue weighted by Crippen LogP contribution is -2.33. The van der Waals surface area contributed by atoms with Crippen molar-refractivity contribution < 1.29 is 19.0 Å². The number of ether oxygens (including phenoxy) is 3. The van der Waals surface area contributed by atoms with Crippen LogP contribution < -0.4 is 0 Å². The van der Waals surface area contributed by atoms with Gasteiger partial charge in [0.25, 0.3) is 0 Å². The fourth-order valence-corrected chi connectivity index (χ4v) is 3.38. The largest absolute Gasteiger partial charge is 0.457 e. The molecule has 0 N–H and O–H groups in total. The van der Waals surface area contributed by atoms with Gasteiger partial charge >= 0.3 is 5.97 Å². The standard InChI is InChI=1S/C24H44O4/c1-5-7-14-17-21-22(27-21)18-15-12-10-8-9-11-13-16-19-23(25)28-24(3,4)20-26-6-2/h12,15,21-22H,5-11,13-14,16-20H2,1-4H3. The summed E-state index contributed by atoms with van der Waals surface area (Å²) < 4.78 is 16.5. The number of rotatable bonds is 18. The van der Waals surface area contributed by atoms with Crippen molar-refractivity contribution in [2.75, 3.05) is 13.2 Å². The molecule has 0 aromatic rings. The van der Waals surface area contributed by atoms with Gasteiger partial charge in [-0.1, -0.05) is 57.6 Å². The van der Waals surface area contributed by atoms with Crippen LogP contribution >= 0.6 is 0 Å². The van der Waals surface area contributed by atoms with E-state index < -0.39 is 5.60 Å². The van der Waals surface area contributed by atoms with Gasteiger partial charge in [-0.15, -0.1) is 0 Å². The van der Waals surface area contributed by atoms with Crippen molar-refractivity contribution in [2.24, 2.45) is 0 Å². The van der Waals surface area contributed by atoms with Gasteiger partial charge in [0.15, 0.2) is 0 Å². The lowest BCUT2D eigenvalue weighted by Gasteiger charge is -2.24. The van der Waals surface area contributed by atoms with E-state index in [1.165, 1.54) is 44.9 Å². The van der Waals surface area contributed by atoms with Crippen LogP contribution in [0, 0.1) is 0 Å². The van der Waals surface area contributed by atoms with Gasteiger partial charge in [0, 0.05) is 13.0 Å². The zero-order chi connectivity index (χ0) is 20.7. The zero-order valence-corrected chi connectivity index (χ0v) is 18.8. The molecule has 0 amide bonds. The number of allylic oxidation sites excluding steroid dienone is 1. The first kappa shape index (κ1) is 25.2. The van der Waals surface area contributed by atoms with Crippen molar-refractivity contribution in [2.45, 2.75) is 123 Å². The SMILES string of the molecule is CCCCCC1OC1CC=CCCCCCCCC(=O)OC(C)(C)COCC. The zero-order valence-electron chi connectivity index (χ0n) is 18.8. The van der Waals surface area contributed by atoms with Crippen LogP contribution in [0.4, 0.5) is 0 Å². The van der Waals surface area contributed by atoms with Gasteiger partial charge in [0.2, 0.25) is 0 Å². The highest BCUT2D eigenvalue weighted by molar-refractivity contribution is 5.69. The van der Waals surface area contributed by atoms with E-state index in [9.17, 15) is 4.79 Å². The molecule has 1 fully saturated rings. The lowest BCUT2D eigenvalue weighted by atomic mass is 10.1. The maximum atomic E-state index is 11.9. The summed E-state index contributed by atoms with van der Waals surface area (Å²) in [4.78, 5) is 11.9. The predicted molar refractivity (Wildman–Crippen MR) is 116 cm³/mol. The summed E-state index contributed by atoms with van der Waals surface area (Å²) in [5.74, 6) is -0.108. The molecule has 4 nitrogen and oxygen atoms in total. The van der Waals surface area contributed by atoms with Crippen molar-refractivity contribution in [1.82, 2.24) is 0 Å². The Morgan fingerprint density at radius 1 is 0.964 bits per heavy atom. The van der Waals surface area contributed by atoms with Crippen LogP contribution in [-0.4, -0.2) is 37.0 Å². The second-order valence-electron chi connectivity index (χ2n) is 8.59. The number of carbonyl (C=O) groups is 1. The summed E-state index contributed by atoms with van der Waals surface area (Å²) in [5.41, 5.74) is -0.527. The van der Waals surface area contributed by atoms with Crippen LogP contribution in [0.2, 0.25) is 0 Å². The minimum Gasteiger partial charge on any atom is -0.457 e. The Labute approximate surface area is 173 Å². The van der Waals surface area contributed by atoms with E-state index in [2.05, 4.69) is 19.1 Å². The van der Waals surface area contributed by atoms with E-state index in [1.807, 2.05) is 20.8 Å². The quantitative estimate of drug-likeness (QED) is 0.117. The Morgan fingerprint density at radius 2 is 1.71 bits per heavy atom. The molecule has 0 aromatic heterocycles. The molecule has 1 rings (SSSR count). The smallest absolute Gasteiger partial charge is 0.306 e. The van der Waals surface area contributed by atoms with E-state index in [4.69, 9.17) is 14.2 Å². The fraction of sp³-hybridized carbons (Fsp3) is 0.875. The van der Waals surface area contributed by atoms with Crippen molar-refractivity contribution in [1.29, 1.82) is 0 Å². The van der Waals surface area contributed by atoms with Crippen molar-refractivity contribution in [3.63, 3.8) is 0 Å². The molecule has 1 aliphatic heterocycles. The van der Waals surface area contributed by atoms with Crippen LogP contribution in [0.5, 0.6) is 0 Å². The molecule has 1 aliphatic rings. The van der Waals surface area contributed by atoms with Crippen LogP contribution in [0.25, 0.3) is 0 Å². The number of unbranched alkanes of at least 4 members (excludes halogenated alkanes) is 7. The number of hydrogen-bond acceptors (Lipinski definition) is 4. The van der Waals surface area contributed by atoms with Crippen molar-refractivity contribution in [3.05, 3.63) is 12.2 Å². The minimum absolute atomic E-state index is 0.108. The summed E-state index contributed by atoms with van der Waals surface area (Å²) in [7, 11) is 0. The number of hydrogen-bond donors (Lipinski definition) is 0. The highest BCUT2D eigenvalue weighted by atomic mass is 16.6. The van der Waals surface area contributed by atoms with Crippen LogP contribution in [-0.2, 0) is 19.0 Å². The van der Waals surface area contributed by atoms with Gasteiger partial charge in [0.1, 0.15) is 5.60 Å². The molecule has 2 unspecified atom stereocenters. The maximum Gasteiger partial charge on any atom is 0.306 e. The Balaban J connectivity index is 1.88. The molecular weight excluding hydrogens is 352 g/mol. The molecule has 0 aliphatic carbocycles. The third-order valence-electron chi connectivity index (χ3n) is 5.11. The van der Waals surface area contributed by atoms with E-state index in [0.29, 0.717) is 31.8 Å². The van der Waals surface area contributed by atoms with Gasteiger partial charge in [-0.3, -0.25) is 4.79 Å². The Hall–Kier alpha value is -0.870. The van der Waals surface area contributed by atoms with Crippen LogP contribution in [0.3, 0.4) is 0 Å². The van der Waals surface area contributed by atoms with Gasteiger partial charge in [-0.25, -0.2) is 0 Å². The molecule has 4 heteroatoms. The van der Waals surface area contributed by atoms with Gasteiger partial charge in [-0.05, 0) is 52.9 Å². The molecule has 164 valence electrons. The van der Waals surface area contributed by atoms with Crippen molar-refractivity contribution in [3.8, 4) is 0 Å². The van der Waals surface area contributed by atoms with E-state index >= 15 is 0 Å². The molecule has 0 saturated carbocycles. The topological polar surface area (TPSA) is 48.1 Å². The molecule has 1 saturated heterocycles. The Bertz CT molecular complexity index is 430. The second-order valence-corrected chi connectivity index (χ2v) is 8.59. The summed E-state index contributed by atoms with van der Waals surface area (Å²) in [5, 5.41) is 0. The average Bonchev–Trinajstić information content (AvgIpc) is 3.39. The third-order valence-corrected chi connectivity index (χ3v) is 5.11. The van der Waals surface area contributed by atoms with Crippen LogP contribution in [0.1, 0.15) is 105 Å². The highest BCUT2D eigenvalue weighted by Crippen LogP contribution is 2.30. The summed E-state index contributed by atoms with van der Waals surface area (Å²) in [6.45, 7) is 9.08. The average molecular weight is 397 g/mol. The number of epoxide rings is 1. The first-order chi connectivity index (χ1) is 13.5. The molecule has 28 heavy (non-hydrogen) atoms. The Morgan fingerprint density at radius 3 is 2.46 bits per heavy atom. The fourth-order valence-electron chi connectivity index (χ4n) is 3.38. The highest BCUT2D eigenvalue weighted by Gasteiger charge is 2.36. The number of carbonyl (C=O) groups excluding carboxylic acids is 1. The predicted octanol–water partition coefficient (Wildman–Crippen LogP) is 6.37. The lowest BCUT2D eigenvalue weighted by molar-refractivity contribution is -0.162. The van der Waals surface area contributed by atoms with E-state index in [0.717, 1.165) is 25.7 Å². The Kier molecular flexibility index (Phi) is 13.5. The molecule has 2 atom stereocenters. The maximum absolute atomic E-state index is 11.9. The normalized spacial score (nSPS) is 19.3. The first-order valence-electron chi connectivity index (χ1n) is 11.6. The molecule has 1 heterocycles. The van der Waals surface area contributed by atoms with Gasteiger partial charge < -0.3 is 14.2 Å². The van der Waals surface area contributed by atoms with Gasteiger partial charge in [0.05, 0.1) is 18.8 Å².